The van der Waals surface area contributed by atoms with Crippen molar-refractivity contribution in [2.45, 2.75) is 50.1 Å². The predicted octanol–water partition coefficient (Wildman–Crippen LogP) is 2.55. The fraction of sp³-hybridized carbons (Fsp3) is 0.692. The quantitative estimate of drug-likeness (QED) is 0.806. The fourth-order valence-electron chi connectivity index (χ4n) is 3.29. The van der Waals surface area contributed by atoms with E-state index in [1.54, 1.807) is 11.3 Å². The zero-order valence-corrected chi connectivity index (χ0v) is 10.9. The summed E-state index contributed by atoms with van der Waals surface area (Å²) in [4.78, 5) is 7.18. The standard InChI is InChI=1S/C13H17N3S/c1-16-11-2-3-12(16)7-9(6-11)13-15-10(4-5-14)8-17-13/h8-9,11-12H,2-4,6-7H2,1H3. The Kier molecular flexibility index (Phi) is 2.89. The number of nitrogens with zero attached hydrogens (tertiary/aromatic N) is 3. The lowest BCUT2D eigenvalue weighted by molar-refractivity contribution is 0.161. The number of rotatable bonds is 2. The van der Waals surface area contributed by atoms with Gasteiger partial charge in [-0.05, 0) is 32.7 Å². The van der Waals surface area contributed by atoms with E-state index in [0.29, 0.717) is 12.3 Å². The van der Waals surface area contributed by atoms with Crippen LogP contribution in [0.5, 0.6) is 0 Å². The van der Waals surface area contributed by atoms with Crippen molar-refractivity contribution in [3.8, 4) is 6.07 Å². The van der Waals surface area contributed by atoms with Crippen LogP contribution in [0, 0.1) is 11.3 Å². The Hall–Kier alpha value is -0.920. The zero-order chi connectivity index (χ0) is 11.8. The summed E-state index contributed by atoms with van der Waals surface area (Å²) in [7, 11) is 2.27. The maximum absolute atomic E-state index is 8.68. The molecule has 0 aromatic carbocycles. The van der Waals surface area contributed by atoms with Crippen LogP contribution in [-0.2, 0) is 6.42 Å². The van der Waals surface area contributed by atoms with E-state index in [0.717, 1.165) is 17.8 Å². The summed E-state index contributed by atoms with van der Waals surface area (Å²) >= 11 is 1.75. The average Bonchev–Trinajstić information content (AvgIpc) is 2.83. The van der Waals surface area contributed by atoms with E-state index in [9.17, 15) is 0 Å². The molecule has 2 atom stereocenters. The van der Waals surface area contributed by atoms with E-state index >= 15 is 0 Å². The molecule has 2 aliphatic rings. The van der Waals surface area contributed by atoms with Gasteiger partial charge in [-0.3, -0.25) is 0 Å². The fourth-order valence-corrected chi connectivity index (χ4v) is 4.23. The summed E-state index contributed by atoms with van der Waals surface area (Å²) in [5, 5.41) is 12.0. The van der Waals surface area contributed by atoms with E-state index < -0.39 is 0 Å². The predicted molar refractivity (Wildman–Crippen MR) is 68.0 cm³/mol. The molecule has 2 unspecified atom stereocenters. The number of fused-ring (bicyclic) bond motifs is 2. The van der Waals surface area contributed by atoms with Gasteiger partial charge in [0.1, 0.15) is 0 Å². The molecule has 1 aromatic rings. The Morgan fingerprint density at radius 1 is 1.47 bits per heavy atom. The first-order valence-electron chi connectivity index (χ1n) is 6.31. The molecule has 1 aromatic heterocycles. The molecule has 0 saturated carbocycles. The zero-order valence-electron chi connectivity index (χ0n) is 10.1. The monoisotopic (exact) mass is 247 g/mol. The SMILES string of the molecule is CN1C2CCC1CC(c1nc(CC#N)cs1)C2. The Morgan fingerprint density at radius 2 is 2.18 bits per heavy atom. The van der Waals surface area contributed by atoms with Gasteiger partial charge in [0.15, 0.2) is 0 Å². The topological polar surface area (TPSA) is 39.9 Å². The Balaban J connectivity index is 1.75. The van der Waals surface area contributed by atoms with Gasteiger partial charge < -0.3 is 4.90 Å². The molecule has 3 rings (SSSR count). The molecular weight excluding hydrogens is 230 g/mol. The summed E-state index contributed by atoms with van der Waals surface area (Å²) in [6.45, 7) is 0. The largest absolute Gasteiger partial charge is 0.300 e. The van der Waals surface area contributed by atoms with Crippen molar-refractivity contribution in [1.82, 2.24) is 9.88 Å². The van der Waals surface area contributed by atoms with Crippen LogP contribution in [-0.4, -0.2) is 29.0 Å². The van der Waals surface area contributed by atoms with E-state index in [1.165, 1.54) is 30.7 Å². The van der Waals surface area contributed by atoms with Crippen LogP contribution >= 0.6 is 11.3 Å². The normalized spacial score (nSPS) is 32.6. The van der Waals surface area contributed by atoms with Crippen molar-refractivity contribution >= 4 is 11.3 Å². The number of hydrogen-bond acceptors (Lipinski definition) is 4. The molecule has 2 saturated heterocycles. The molecule has 4 heteroatoms. The highest BCUT2D eigenvalue weighted by Crippen LogP contribution is 2.42. The Morgan fingerprint density at radius 3 is 2.82 bits per heavy atom. The molecule has 90 valence electrons. The first-order valence-corrected chi connectivity index (χ1v) is 7.19. The maximum Gasteiger partial charge on any atom is 0.0960 e. The molecule has 0 radical (unpaired) electrons. The van der Waals surface area contributed by atoms with Gasteiger partial charge in [-0.15, -0.1) is 11.3 Å². The van der Waals surface area contributed by atoms with Gasteiger partial charge in [-0.1, -0.05) is 0 Å². The maximum atomic E-state index is 8.68. The Labute approximate surface area is 106 Å². The first-order chi connectivity index (χ1) is 8.28. The second kappa shape index (κ2) is 4.40. The second-order valence-electron chi connectivity index (χ2n) is 5.23. The van der Waals surface area contributed by atoms with Gasteiger partial charge in [0.2, 0.25) is 0 Å². The third-order valence-corrected chi connectivity index (χ3v) is 5.33. The summed E-state index contributed by atoms with van der Waals surface area (Å²) in [6, 6.07) is 3.70. The highest BCUT2D eigenvalue weighted by molar-refractivity contribution is 7.09. The molecule has 2 aliphatic heterocycles. The smallest absolute Gasteiger partial charge is 0.0960 e. The molecule has 0 amide bonds. The van der Waals surface area contributed by atoms with Crippen molar-refractivity contribution in [1.29, 1.82) is 5.26 Å². The lowest BCUT2D eigenvalue weighted by Gasteiger charge is -2.35. The van der Waals surface area contributed by atoms with Gasteiger partial charge >= 0.3 is 0 Å². The van der Waals surface area contributed by atoms with Gasteiger partial charge in [0, 0.05) is 23.4 Å². The Bertz CT molecular complexity index is 434. The molecule has 0 N–H and O–H groups in total. The highest BCUT2D eigenvalue weighted by Gasteiger charge is 2.39. The van der Waals surface area contributed by atoms with Gasteiger partial charge in [0.25, 0.3) is 0 Å². The van der Waals surface area contributed by atoms with Crippen LogP contribution in [0.4, 0.5) is 0 Å². The molecule has 17 heavy (non-hydrogen) atoms. The second-order valence-corrected chi connectivity index (χ2v) is 6.12. The minimum Gasteiger partial charge on any atom is -0.300 e. The third kappa shape index (κ3) is 1.98. The highest BCUT2D eigenvalue weighted by atomic mass is 32.1. The average molecular weight is 247 g/mol. The van der Waals surface area contributed by atoms with Gasteiger partial charge in [0.05, 0.1) is 23.2 Å². The molecule has 2 bridgehead atoms. The van der Waals surface area contributed by atoms with Crippen LogP contribution in [0.1, 0.15) is 42.3 Å². The third-order valence-electron chi connectivity index (χ3n) is 4.28. The van der Waals surface area contributed by atoms with E-state index in [1.807, 2.05) is 0 Å². The molecule has 3 heterocycles. The van der Waals surface area contributed by atoms with Gasteiger partial charge in [-0.2, -0.15) is 5.26 Å². The van der Waals surface area contributed by atoms with Crippen LogP contribution in [0.25, 0.3) is 0 Å². The van der Waals surface area contributed by atoms with Crippen molar-refractivity contribution < 1.29 is 0 Å². The van der Waals surface area contributed by atoms with Crippen LogP contribution in [0.3, 0.4) is 0 Å². The van der Waals surface area contributed by atoms with E-state index in [-0.39, 0.29) is 0 Å². The van der Waals surface area contributed by atoms with Crippen molar-refractivity contribution in [2.75, 3.05) is 7.05 Å². The van der Waals surface area contributed by atoms with Crippen molar-refractivity contribution in [3.05, 3.63) is 16.1 Å². The molecule has 3 nitrogen and oxygen atoms in total. The van der Waals surface area contributed by atoms with Gasteiger partial charge in [-0.25, -0.2) is 4.98 Å². The number of piperidine rings is 1. The minimum absolute atomic E-state index is 0.454. The summed E-state index contributed by atoms with van der Waals surface area (Å²) in [6.07, 6.45) is 5.68. The number of nitriles is 1. The number of aromatic nitrogens is 1. The first kappa shape index (κ1) is 11.2. The van der Waals surface area contributed by atoms with Crippen molar-refractivity contribution in [3.63, 3.8) is 0 Å². The van der Waals surface area contributed by atoms with Crippen molar-refractivity contribution in [2.24, 2.45) is 0 Å². The van der Waals surface area contributed by atoms with E-state index in [2.05, 4.69) is 28.4 Å². The van der Waals surface area contributed by atoms with E-state index in [4.69, 9.17) is 5.26 Å². The lowest BCUT2D eigenvalue weighted by Crippen LogP contribution is -2.39. The number of hydrogen-bond donors (Lipinski definition) is 0. The van der Waals surface area contributed by atoms with Crippen LogP contribution in [0.2, 0.25) is 0 Å². The molecule has 0 aliphatic carbocycles. The summed E-state index contributed by atoms with van der Waals surface area (Å²) in [5.74, 6) is 0.640. The summed E-state index contributed by atoms with van der Waals surface area (Å²) < 4.78 is 0. The number of thiazole rings is 1. The molecular formula is C13H17N3S. The lowest BCUT2D eigenvalue weighted by atomic mass is 9.92. The van der Waals surface area contributed by atoms with Crippen LogP contribution < -0.4 is 0 Å². The van der Waals surface area contributed by atoms with Crippen LogP contribution in [0.15, 0.2) is 5.38 Å². The summed E-state index contributed by atoms with van der Waals surface area (Å²) in [5.41, 5.74) is 0.957. The molecule has 2 fully saturated rings. The molecule has 0 spiro atoms. The minimum atomic E-state index is 0.454.